The van der Waals surface area contributed by atoms with Gasteiger partial charge < -0.3 is 9.47 Å². The number of aryl methyl sites for hydroxylation is 1. The maximum Gasteiger partial charge on any atom is 0.240 e. The van der Waals surface area contributed by atoms with Crippen molar-refractivity contribution in [3.8, 4) is 17.4 Å². The summed E-state index contributed by atoms with van der Waals surface area (Å²) >= 11 is 0. The van der Waals surface area contributed by atoms with Gasteiger partial charge in [-0.2, -0.15) is 0 Å². The quantitative estimate of drug-likeness (QED) is 0.454. The summed E-state index contributed by atoms with van der Waals surface area (Å²) in [5.41, 5.74) is 0.994. The third kappa shape index (κ3) is 5.17. The van der Waals surface area contributed by atoms with Gasteiger partial charge in [-0.3, -0.25) is 9.29 Å². The Morgan fingerprint density at radius 2 is 1.88 bits per heavy atom. The van der Waals surface area contributed by atoms with Crippen LogP contribution in [0.4, 0.5) is 5.95 Å². The van der Waals surface area contributed by atoms with Crippen molar-refractivity contribution in [1.82, 2.24) is 29.7 Å². The molecule has 3 aromatic rings. The topological polar surface area (TPSA) is 134 Å². The number of rotatable bonds is 10. The van der Waals surface area contributed by atoms with Crippen molar-refractivity contribution < 1.29 is 23.4 Å². The minimum Gasteiger partial charge on any atom is -0.481 e. The van der Waals surface area contributed by atoms with Crippen LogP contribution in [0.2, 0.25) is 0 Å². The van der Waals surface area contributed by atoms with Gasteiger partial charge in [0, 0.05) is 30.0 Å². The zero-order chi connectivity index (χ0) is 28.0. The summed E-state index contributed by atoms with van der Waals surface area (Å²) in [5.74, 6) is 0.0300. The third-order valence-electron chi connectivity index (χ3n) is 5.01. The lowest BCUT2D eigenvalue weighted by molar-refractivity contribution is 0.00152. The van der Waals surface area contributed by atoms with Crippen LogP contribution in [0.5, 0.6) is 5.88 Å². The highest BCUT2D eigenvalue weighted by Gasteiger charge is 2.37. The summed E-state index contributed by atoms with van der Waals surface area (Å²) in [6, 6.07) is 3.35. The fraction of sp³-hybridized carbons (Fsp3) is 0.500. The standard InChI is InChI=1S/C22H29N7O4S/c1-13(2)33-19(20-23-11-14(3)12-24-20)15(4)34(30,31)28-22-27-26-21(29(22)16-9-10-16)17-7-6-8-18(25-17)32-5/h6-8,11-13,15-16,19H,9-10H2,1-5H3,(H,27,28)/t15-,19+/m0/s1/i9D2,10D2. The molecule has 0 aliphatic heterocycles. The highest BCUT2D eigenvalue weighted by Crippen LogP contribution is 2.40. The summed E-state index contributed by atoms with van der Waals surface area (Å²) in [7, 11) is -2.85. The van der Waals surface area contributed by atoms with Crippen molar-refractivity contribution in [2.75, 3.05) is 11.8 Å². The lowest BCUT2D eigenvalue weighted by Crippen LogP contribution is -2.35. The monoisotopic (exact) mass is 491 g/mol. The van der Waals surface area contributed by atoms with E-state index in [0.29, 0.717) is 0 Å². The molecule has 3 heterocycles. The molecule has 1 N–H and O–H groups in total. The average molecular weight is 492 g/mol. The molecule has 0 aromatic carbocycles. The number of hydrogen-bond acceptors (Lipinski definition) is 9. The van der Waals surface area contributed by atoms with E-state index in [0.717, 1.165) is 10.1 Å². The molecule has 0 spiro atoms. The van der Waals surface area contributed by atoms with Crippen LogP contribution in [0, 0.1) is 6.92 Å². The van der Waals surface area contributed by atoms with Gasteiger partial charge in [-0.05, 0) is 52.1 Å². The van der Waals surface area contributed by atoms with Crippen molar-refractivity contribution >= 4 is 16.0 Å². The molecule has 1 aliphatic carbocycles. The fourth-order valence-electron chi connectivity index (χ4n) is 3.21. The van der Waals surface area contributed by atoms with E-state index in [1.165, 1.54) is 14.0 Å². The van der Waals surface area contributed by atoms with E-state index in [1.54, 1.807) is 51.4 Å². The van der Waals surface area contributed by atoms with Gasteiger partial charge in [0.15, 0.2) is 11.6 Å². The lowest BCUT2D eigenvalue weighted by Gasteiger charge is -2.25. The summed E-state index contributed by atoms with van der Waals surface area (Å²) in [5, 5.41) is 6.77. The van der Waals surface area contributed by atoms with Crippen LogP contribution >= 0.6 is 0 Å². The normalized spacial score (nSPS) is 20.5. The predicted molar refractivity (Wildman–Crippen MR) is 126 cm³/mol. The zero-order valence-corrected chi connectivity index (χ0v) is 20.2. The number of nitrogens with zero attached hydrogens (tertiary/aromatic N) is 6. The molecule has 0 amide bonds. The van der Waals surface area contributed by atoms with Gasteiger partial charge >= 0.3 is 0 Å². The molecular formula is C22H29N7O4S. The Bertz CT molecular complexity index is 1400. The first-order chi connectivity index (χ1) is 17.7. The number of methoxy groups -OCH3 is 1. The molecule has 0 bridgehead atoms. The molecule has 182 valence electrons. The molecule has 3 aromatic heterocycles. The lowest BCUT2D eigenvalue weighted by atomic mass is 10.2. The molecule has 0 radical (unpaired) electrons. The summed E-state index contributed by atoms with van der Waals surface area (Å²) in [6.07, 6.45) is -2.88. The summed E-state index contributed by atoms with van der Waals surface area (Å²) in [6.45, 7) is 6.75. The van der Waals surface area contributed by atoms with E-state index in [-0.39, 0.29) is 35.3 Å². The maximum atomic E-state index is 13.6. The van der Waals surface area contributed by atoms with E-state index in [4.69, 9.17) is 15.0 Å². The highest BCUT2D eigenvalue weighted by atomic mass is 32.2. The van der Waals surface area contributed by atoms with Crippen molar-refractivity contribution in [1.29, 1.82) is 0 Å². The van der Waals surface area contributed by atoms with Gasteiger partial charge in [-0.15, -0.1) is 10.2 Å². The first-order valence-electron chi connectivity index (χ1n) is 12.6. The Hall–Kier alpha value is -3.12. The van der Waals surface area contributed by atoms with Crippen LogP contribution in [0.25, 0.3) is 11.5 Å². The van der Waals surface area contributed by atoms with Crippen LogP contribution in [-0.4, -0.2) is 56.6 Å². The number of hydrogen-bond donors (Lipinski definition) is 1. The Morgan fingerprint density at radius 1 is 1.18 bits per heavy atom. The van der Waals surface area contributed by atoms with Gasteiger partial charge in [-0.1, -0.05) is 6.07 Å². The number of pyridine rings is 1. The number of anilines is 1. The van der Waals surface area contributed by atoms with E-state index in [9.17, 15) is 8.42 Å². The highest BCUT2D eigenvalue weighted by molar-refractivity contribution is 7.93. The van der Waals surface area contributed by atoms with E-state index in [2.05, 4.69) is 29.9 Å². The molecule has 1 aliphatic rings. The minimum absolute atomic E-state index is 0.0265. The molecule has 2 atom stereocenters. The van der Waals surface area contributed by atoms with Crippen LogP contribution in [0.3, 0.4) is 0 Å². The van der Waals surface area contributed by atoms with Crippen LogP contribution < -0.4 is 9.46 Å². The molecule has 0 unspecified atom stereocenters. The maximum absolute atomic E-state index is 13.6. The second-order valence-corrected chi connectivity index (χ2v) is 10.1. The number of ether oxygens (including phenoxy) is 2. The van der Waals surface area contributed by atoms with Crippen molar-refractivity contribution in [3.05, 3.63) is 42.0 Å². The number of nitrogens with one attached hydrogen (secondary N) is 1. The Kier molecular flexibility index (Phi) is 5.44. The van der Waals surface area contributed by atoms with Crippen LogP contribution in [0.1, 0.15) is 62.5 Å². The Morgan fingerprint density at radius 3 is 2.50 bits per heavy atom. The van der Waals surface area contributed by atoms with E-state index in [1.807, 2.05) is 0 Å². The SMILES string of the molecule is [2H]C1([2H])C(n2c(NS(=O)(=O)[C@@H](C)[C@@H](OC(C)C)c3ncc(C)cn3)nnc2-c2cccc(OC)n2)C1([2H])[2H]. The fourth-order valence-corrected chi connectivity index (χ4v) is 4.30. The van der Waals surface area contributed by atoms with Crippen LogP contribution in [-0.2, 0) is 14.8 Å². The van der Waals surface area contributed by atoms with Gasteiger partial charge in [0.05, 0.1) is 13.2 Å². The summed E-state index contributed by atoms with van der Waals surface area (Å²) < 4.78 is 74.3. The van der Waals surface area contributed by atoms with Gasteiger partial charge in [0.2, 0.25) is 21.9 Å². The second-order valence-electron chi connectivity index (χ2n) is 8.05. The van der Waals surface area contributed by atoms with Crippen molar-refractivity contribution in [2.45, 2.75) is 63.9 Å². The average Bonchev–Trinajstić information content (AvgIpc) is 3.08. The summed E-state index contributed by atoms with van der Waals surface area (Å²) in [4.78, 5) is 12.8. The molecule has 12 heteroatoms. The van der Waals surface area contributed by atoms with Crippen molar-refractivity contribution in [3.63, 3.8) is 0 Å². The Balaban J connectivity index is 1.75. The molecule has 1 fully saturated rings. The zero-order valence-electron chi connectivity index (χ0n) is 23.4. The van der Waals surface area contributed by atoms with Gasteiger partial charge in [0.1, 0.15) is 17.0 Å². The molecule has 0 saturated heterocycles. The van der Waals surface area contributed by atoms with Crippen LogP contribution in [0.15, 0.2) is 30.6 Å². The molecule has 4 rings (SSSR count). The van der Waals surface area contributed by atoms with E-state index < -0.39 is 40.2 Å². The van der Waals surface area contributed by atoms with E-state index >= 15 is 0 Å². The first kappa shape index (κ1) is 19.2. The molecule has 34 heavy (non-hydrogen) atoms. The minimum atomic E-state index is -4.27. The molecule has 1 saturated carbocycles. The molecular weight excluding hydrogens is 458 g/mol. The molecule has 11 nitrogen and oxygen atoms in total. The Labute approximate surface area is 204 Å². The third-order valence-corrected chi connectivity index (χ3v) is 6.71. The number of aromatic nitrogens is 6. The van der Waals surface area contributed by atoms with Gasteiger partial charge in [-0.25, -0.2) is 23.4 Å². The predicted octanol–water partition coefficient (Wildman–Crippen LogP) is 3.08. The van der Waals surface area contributed by atoms with Crippen molar-refractivity contribution in [2.24, 2.45) is 0 Å². The second kappa shape index (κ2) is 9.63. The smallest absolute Gasteiger partial charge is 0.240 e. The number of sulfonamides is 1. The van der Waals surface area contributed by atoms with Gasteiger partial charge in [0.25, 0.3) is 0 Å². The first-order valence-corrected chi connectivity index (χ1v) is 12.2. The largest absolute Gasteiger partial charge is 0.481 e.